The largest absolute Gasteiger partial charge is 0.391 e. The number of carbonyl (C=O) groups excluding carboxylic acids is 1. The quantitative estimate of drug-likeness (QED) is 0.679. The summed E-state index contributed by atoms with van der Waals surface area (Å²) in [6, 6.07) is 0. The second-order valence-electron chi connectivity index (χ2n) is 3.83. The number of hydrogen-bond acceptors (Lipinski definition) is 3. The van der Waals surface area contributed by atoms with Crippen molar-refractivity contribution in [1.82, 2.24) is 5.32 Å². The predicted molar refractivity (Wildman–Crippen MR) is 51.2 cm³/mol. The maximum Gasteiger partial charge on any atom is 0.157 e. The molecule has 0 heterocycles. The Bertz CT molecular complexity index is 221. The van der Waals surface area contributed by atoms with Gasteiger partial charge in [-0.1, -0.05) is 13.8 Å². The molecule has 0 aromatic carbocycles. The molecule has 3 nitrogen and oxygen atoms in total. The van der Waals surface area contributed by atoms with Gasteiger partial charge in [-0.25, -0.2) is 0 Å². The van der Waals surface area contributed by atoms with Crippen molar-refractivity contribution in [1.29, 1.82) is 0 Å². The Morgan fingerprint density at radius 1 is 1.54 bits per heavy atom. The molecular formula is C10H17NO2. The van der Waals surface area contributed by atoms with E-state index in [1.165, 1.54) is 0 Å². The van der Waals surface area contributed by atoms with Gasteiger partial charge in [0.1, 0.15) is 0 Å². The molecule has 0 aromatic rings. The molecule has 3 heteroatoms. The highest BCUT2D eigenvalue weighted by Crippen LogP contribution is 2.12. The number of aliphatic hydroxyl groups is 1. The van der Waals surface area contributed by atoms with Crippen LogP contribution in [0.4, 0.5) is 0 Å². The van der Waals surface area contributed by atoms with E-state index < -0.39 is 0 Å². The van der Waals surface area contributed by atoms with Gasteiger partial charge in [-0.2, -0.15) is 0 Å². The lowest BCUT2D eigenvalue weighted by atomic mass is 10.1. The van der Waals surface area contributed by atoms with E-state index in [1.54, 1.807) is 6.08 Å². The Balaban J connectivity index is 2.27. The first-order valence-electron chi connectivity index (χ1n) is 4.75. The van der Waals surface area contributed by atoms with Crippen molar-refractivity contribution in [2.45, 2.75) is 32.8 Å². The molecule has 0 aliphatic heterocycles. The van der Waals surface area contributed by atoms with Gasteiger partial charge in [-0.15, -0.1) is 0 Å². The Morgan fingerprint density at radius 2 is 2.23 bits per heavy atom. The second kappa shape index (κ2) is 4.42. The van der Waals surface area contributed by atoms with Crippen LogP contribution in [0.25, 0.3) is 0 Å². The molecule has 0 saturated carbocycles. The molecule has 13 heavy (non-hydrogen) atoms. The van der Waals surface area contributed by atoms with Crippen molar-refractivity contribution in [2.75, 3.05) is 6.54 Å². The van der Waals surface area contributed by atoms with E-state index in [0.29, 0.717) is 13.0 Å². The Morgan fingerprint density at radius 3 is 2.69 bits per heavy atom. The van der Waals surface area contributed by atoms with Crippen molar-refractivity contribution in [3.8, 4) is 0 Å². The van der Waals surface area contributed by atoms with Gasteiger partial charge in [0.05, 0.1) is 6.10 Å². The second-order valence-corrected chi connectivity index (χ2v) is 3.83. The van der Waals surface area contributed by atoms with E-state index in [9.17, 15) is 9.90 Å². The van der Waals surface area contributed by atoms with Gasteiger partial charge in [0.2, 0.25) is 0 Å². The van der Waals surface area contributed by atoms with Crippen LogP contribution in [0.1, 0.15) is 26.7 Å². The standard InChI is InChI=1S/C10H17NO2/c1-7(2)10(13)6-11-8-3-4-9(12)5-8/h5,7,10-11,13H,3-4,6H2,1-2H3. The van der Waals surface area contributed by atoms with Crippen molar-refractivity contribution in [3.05, 3.63) is 11.8 Å². The maximum atomic E-state index is 10.9. The third kappa shape index (κ3) is 3.19. The summed E-state index contributed by atoms with van der Waals surface area (Å²) in [5.74, 6) is 0.437. The van der Waals surface area contributed by atoms with Gasteiger partial charge >= 0.3 is 0 Å². The molecule has 0 fully saturated rings. The van der Waals surface area contributed by atoms with Gasteiger partial charge in [-0.3, -0.25) is 4.79 Å². The van der Waals surface area contributed by atoms with E-state index >= 15 is 0 Å². The van der Waals surface area contributed by atoms with E-state index in [2.05, 4.69) is 5.32 Å². The van der Waals surface area contributed by atoms with E-state index in [1.807, 2.05) is 13.8 Å². The van der Waals surface area contributed by atoms with Gasteiger partial charge < -0.3 is 10.4 Å². The van der Waals surface area contributed by atoms with Crippen LogP contribution in [-0.2, 0) is 4.79 Å². The fourth-order valence-electron chi connectivity index (χ4n) is 1.21. The number of rotatable bonds is 4. The monoisotopic (exact) mass is 183 g/mol. The molecule has 1 aliphatic carbocycles. The van der Waals surface area contributed by atoms with Gasteiger partial charge in [0, 0.05) is 24.7 Å². The van der Waals surface area contributed by atoms with Crippen LogP contribution in [0, 0.1) is 5.92 Å². The highest BCUT2D eigenvalue weighted by atomic mass is 16.3. The number of hydrogen-bond donors (Lipinski definition) is 2. The van der Waals surface area contributed by atoms with Crippen LogP contribution in [-0.4, -0.2) is 23.5 Å². The van der Waals surface area contributed by atoms with Crippen molar-refractivity contribution in [3.63, 3.8) is 0 Å². The molecule has 2 N–H and O–H groups in total. The Hall–Kier alpha value is -0.830. The number of allylic oxidation sites excluding steroid dienone is 2. The summed E-state index contributed by atoms with van der Waals surface area (Å²) >= 11 is 0. The molecule has 1 aliphatic rings. The number of nitrogens with one attached hydrogen (secondary N) is 1. The summed E-state index contributed by atoms with van der Waals surface area (Å²) in [5, 5.41) is 12.6. The van der Waals surface area contributed by atoms with E-state index in [4.69, 9.17) is 0 Å². The third-order valence-electron chi connectivity index (χ3n) is 2.28. The number of carbonyl (C=O) groups is 1. The normalized spacial score (nSPS) is 19.1. The molecule has 74 valence electrons. The van der Waals surface area contributed by atoms with Gasteiger partial charge in [-0.05, 0) is 12.3 Å². The lowest BCUT2D eigenvalue weighted by molar-refractivity contribution is -0.114. The van der Waals surface area contributed by atoms with Crippen LogP contribution in [0.3, 0.4) is 0 Å². The average molecular weight is 183 g/mol. The zero-order chi connectivity index (χ0) is 9.84. The first-order valence-corrected chi connectivity index (χ1v) is 4.75. The minimum atomic E-state index is -0.336. The zero-order valence-electron chi connectivity index (χ0n) is 8.21. The number of ketones is 1. The molecule has 1 unspecified atom stereocenters. The average Bonchev–Trinajstić information content (AvgIpc) is 2.47. The summed E-state index contributed by atoms with van der Waals surface area (Å²) in [4.78, 5) is 10.9. The van der Waals surface area contributed by atoms with Crippen molar-refractivity contribution in [2.24, 2.45) is 5.92 Å². The molecule has 1 rings (SSSR count). The van der Waals surface area contributed by atoms with Crippen molar-refractivity contribution < 1.29 is 9.90 Å². The van der Waals surface area contributed by atoms with Crippen molar-refractivity contribution >= 4 is 5.78 Å². The lowest BCUT2D eigenvalue weighted by Crippen LogP contribution is -2.29. The Kier molecular flexibility index (Phi) is 3.48. The van der Waals surface area contributed by atoms with Crippen LogP contribution in [0.5, 0.6) is 0 Å². The predicted octanol–water partition coefficient (Wildman–Crippen LogP) is 0.840. The van der Waals surface area contributed by atoms with E-state index in [-0.39, 0.29) is 17.8 Å². The SMILES string of the molecule is CC(C)C(O)CNC1=CC(=O)CC1. The molecule has 1 atom stereocenters. The molecule has 0 saturated heterocycles. The summed E-state index contributed by atoms with van der Waals surface area (Å²) in [7, 11) is 0. The molecule has 0 bridgehead atoms. The molecule has 0 radical (unpaired) electrons. The smallest absolute Gasteiger partial charge is 0.157 e. The molecular weight excluding hydrogens is 166 g/mol. The topological polar surface area (TPSA) is 49.3 Å². The minimum absolute atomic E-state index is 0.182. The molecule has 0 spiro atoms. The summed E-state index contributed by atoms with van der Waals surface area (Å²) in [6.07, 6.45) is 2.70. The van der Waals surface area contributed by atoms with Crippen LogP contribution in [0.2, 0.25) is 0 Å². The highest BCUT2D eigenvalue weighted by Gasteiger charge is 2.13. The maximum absolute atomic E-state index is 10.9. The van der Waals surface area contributed by atoms with Crippen LogP contribution < -0.4 is 5.32 Å². The lowest BCUT2D eigenvalue weighted by Gasteiger charge is -2.16. The highest BCUT2D eigenvalue weighted by molar-refractivity contribution is 5.92. The summed E-state index contributed by atoms with van der Waals surface area (Å²) in [6.45, 7) is 4.48. The third-order valence-corrected chi connectivity index (χ3v) is 2.28. The summed E-state index contributed by atoms with van der Waals surface area (Å²) < 4.78 is 0. The van der Waals surface area contributed by atoms with E-state index in [0.717, 1.165) is 12.1 Å². The fourth-order valence-corrected chi connectivity index (χ4v) is 1.21. The first-order chi connectivity index (χ1) is 6.09. The molecule has 0 aromatic heterocycles. The van der Waals surface area contributed by atoms with Gasteiger partial charge in [0.15, 0.2) is 5.78 Å². The minimum Gasteiger partial charge on any atom is -0.391 e. The molecule has 0 amide bonds. The van der Waals surface area contributed by atoms with Crippen LogP contribution >= 0.6 is 0 Å². The van der Waals surface area contributed by atoms with Gasteiger partial charge in [0.25, 0.3) is 0 Å². The fraction of sp³-hybridized carbons (Fsp3) is 0.700. The Labute approximate surface area is 78.8 Å². The number of aliphatic hydroxyl groups excluding tert-OH is 1. The van der Waals surface area contributed by atoms with Crippen LogP contribution in [0.15, 0.2) is 11.8 Å². The first kappa shape index (κ1) is 10.3. The summed E-state index contributed by atoms with van der Waals surface area (Å²) in [5.41, 5.74) is 0.963. The zero-order valence-corrected chi connectivity index (χ0v) is 8.21.